The lowest BCUT2D eigenvalue weighted by Gasteiger charge is -2.37. The first kappa shape index (κ1) is 26.4. The molecular formula is C23H26F3N5O5S. The fourth-order valence-electron chi connectivity index (χ4n) is 3.70. The number of alkyl halides is 3. The van der Waals surface area contributed by atoms with Gasteiger partial charge in [-0.05, 0) is 57.2 Å². The van der Waals surface area contributed by atoms with Gasteiger partial charge in [-0.2, -0.15) is 13.2 Å². The highest BCUT2D eigenvalue weighted by Gasteiger charge is 2.37. The van der Waals surface area contributed by atoms with Crippen LogP contribution >= 0.6 is 0 Å². The number of hydrogen-bond donors (Lipinski definition) is 3. The second-order valence-corrected chi connectivity index (χ2v) is 11.2. The summed E-state index contributed by atoms with van der Waals surface area (Å²) < 4.78 is 79.5. The molecule has 0 aliphatic carbocycles. The van der Waals surface area contributed by atoms with Crippen LogP contribution in [0.3, 0.4) is 0 Å². The fourth-order valence-corrected chi connectivity index (χ4v) is 5.25. The highest BCUT2D eigenvalue weighted by molar-refractivity contribution is 7.92. The smallest absolute Gasteiger partial charge is 0.416 e. The maximum Gasteiger partial charge on any atom is 0.416 e. The number of hydrogen-bond acceptors (Lipinski definition) is 8. The lowest BCUT2D eigenvalue weighted by Crippen LogP contribution is -2.50. The van der Waals surface area contributed by atoms with Crippen LogP contribution in [0.5, 0.6) is 5.75 Å². The van der Waals surface area contributed by atoms with Crippen molar-refractivity contribution in [2.75, 3.05) is 22.7 Å². The van der Waals surface area contributed by atoms with Crippen molar-refractivity contribution >= 4 is 27.5 Å². The third-order valence-electron chi connectivity index (χ3n) is 5.23. The summed E-state index contributed by atoms with van der Waals surface area (Å²) in [5, 5.41) is 4.16. The Balaban J connectivity index is 1.71. The molecule has 2 aromatic rings. The lowest BCUT2D eigenvalue weighted by molar-refractivity contribution is -0.137. The van der Waals surface area contributed by atoms with Crippen LogP contribution in [0.2, 0.25) is 0 Å². The standard InChI is InChI=1S/C23H26F3N5O5S/c1-22(2,3)36-21(32)28-16-7-8-20-19(12-16)31(14-17(35-20)13-30-10-9-27-29-30)37(33,34)18-6-4-5-15(11-18)23(24,25)26/h4-12,17,27,29H,13-14H2,1-3H3,(H,28,32)/t17-/m0/s1. The molecular weight excluding hydrogens is 515 g/mol. The van der Waals surface area contributed by atoms with Gasteiger partial charge in [0.1, 0.15) is 17.5 Å². The molecule has 2 aliphatic heterocycles. The van der Waals surface area contributed by atoms with E-state index in [9.17, 15) is 26.4 Å². The van der Waals surface area contributed by atoms with Crippen LogP contribution in [0.25, 0.3) is 0 Å². The first-order chi connectivity index (χ1) is 17.2. The monoisotopic (exact) mass is 541 g/mol. The minimum atomic E-state index is -4.72. The Hall–Kier alpha value is -3.65. The van der Waals surface area contributed by atoms with Crippen LogP contribution in [0.4, 0.5) is 29.3 Å². The van der Waals surface area contributed by atoms with E-state index in [1.54, 1.807) is 38.2 Å². The van der Waals surface area contributed by atoms with Crippen molar-refractivity contribution in [1.82, 2.24) is 16.0 Å². The van der Waals surface area contributed by atoms with Gasteiger partial charge in [0.25, 0.3) is 10.0 Å². The van der Waals surface area contributed by atoms with E-state index < -0.39 is 44.5 Å². The molecule has 0 aromatic heterocycles. The van der Waals surface area contributed by atoms with E-state index in [4.69, 9.17) is 9.47 Å². The zero-order valence-electron chi connectivity index (χ0n) is 20.2. The van der Waals surface area contributed by atoms with Gasteiger partial charge >= 0.3 is 12.3 Å². The molecule has 2 aliphatic rings. The molecule has 0 unspecified atom stereocenters. The summed E-state index contributed by atoms with van der Waals surface area (Å²) in [6, 6.07) is 7.90. The number of ether oxygens (including phenoxy) is 2. The Morgan fingerprint density at radius 1 is 1.19 bits per heavy atom. The van der Waals surface area contributed by atoms with E-state index in [-0.39, 0.29) is 30.2 Å². The number of nitrogens with zero attached hydrogens (tertiary/aromatic N) is 2. The van der Waals surface area contributed by atoms with Gasteiger partial charge in [-0.1, -0.05) is 6.07 Å². The van der Waals surface area contributed by atoms with Gasteiger partial charge in [0.2, 0.25) is 0 Å². The van der Waals surface area contributed by atoms with E-state index in [2.05, 4.69) is 16.3 Å². The number of sulfonamides is 1. The predicted molar refractivity (Wildman–Crippen MR) is 129 cm³/mol. The highest BCUT2D eigenvalue weighted by atomic mass is 32.2. The van der Waals surface area contributed by atoms with Crippen LogP contribution < -0.4 is 25.3 Å². The molecule has 2 aromatic carbocycles. The Bertz CT molecular complexity index is 1310. The van der Waals surface area contributed by atoms with E-state index in [1.807, 2.05) is 0 Å². The molecule has 0 fully saturated rings. The molecule has 200 valence electrons. The first-order valence-corrected chi connectivity index (χ1v) is 12.6. The van der Waals surface area contributed by atoms with Gasteiger partial charge in [-0.25, -0.2) is 13.2 Å². The van der Waals surface area contributed by atoms with Gasteiger partial charge in [0.05, 0.1) is 29.2 Å². The van der Waals surface area contributed by atoms with E-state index in [0.29, 0.717) is 6.07 Å². The molecule has 14 heteroatoms. The lowest BCUT2D eigenvalue weighted by atomic mass is 10.2. The first-order valence-electron chi connectivity index (χ1n) is 11.2. The largest absolute Gasteiger partial charge is 0.484 e. The van der Waals surface area contributed by atoms with E-state index in [0.717, 1.165) is 22.5 Å². The predicted octanol–water partition coefficient (Wildman–Crippen LogP) is 3.80. The minimum Gasteiger partial charge on any atom is -0.484 e. The average molecular weight is 542 g/mol. The zero-order valence-corrected chi connectivity index (χ0v) is 21.0. The summed E-state index contributed by atoms with van der Waals surface area (Å²) in [5.74, 6) is 0.178. The number of benzene rings is 2. The average Bonchev–Trinajstić information content (AvgIpc) is 3.30. The van der Waals surface area contributed by atoms with Gasteiger partial charge in [0, 0.05) is 18.1 Å². The van der Waals surface area contributed by atoms with Crippen LogP contribution in [-0.4, -0.2) is 44.3 Å². The SMILES string of the molecule is CC(C)(C)OC(=O)Nc1ccc2c(c1)N(S(=O)(=O)c1cccc(C(F)(F)F)c1)C[C@H](CN1C=CNN1)O2. The van der Waals surface area contributed by atoms with Crippen LogP contribution in [0.1, 0.15) is 26.3 Å². The molecule has 1 amide bonds. The maximum atomic E-state index is 13.7. The summed E-state index contributed by atoms with van der Waals surface area (Å²) in [5.41, 5.74) is 4.01. The molecule has 0 spiro atoms. The zero-order chi connectivity index (χ0) is 27.0. The van der Waals surface area contributed by atoms with E-state index >= 15 is 0 Å². The van der Waals surface area contributed by atoms with Gasteiger partial charge < -0.3 is 14.9 Å². The van der Waals surface area contributed by atoms with Crippen molar-refractivity contribution in [3.63, 3.8) is 0 Å². The Labute approximate surface area is 212 Å². The Morgan fingerprint density at radius 3 is 2.59 bits per heavy atom. The number of halogens is 3. The number of carbonyl (C=O) groups excluding carboxylic acids is 1. The Morgan fingerprint density at radius 2 is 1.95 bits per heavy atom. The van der Waals surface area contributed by atoms with Crippen molar-refractivity contribution in [3.8, 4) is 5.75 Å². The summed E-state index contributed by atoms with van der Waals surface area (Å²) in [7, 11) is -4.46. The third kappa shape index (κ3) is 6.20. The number of amides is 1. The number of rotatable bonds is 5. The van der Waals surface area contributed by atoms with Crippen molar-refractivity contribution in [2.45, 2.75) is 43.5 Å². The number of fused-ring (bicyclic) bond motifs is 1. The second-order valence-electron chi connectivity index (χ2n) is 9.34. The third-order valence-corrected chi connectivity index (χ3v) is 7.01. The molecule has 0 bridgehead atoms. The molecule has 2 heterocycles. The molecule has 3 N–H and O–H groups in total. The summed E-state index contributed by atoms with van der Waals surface area (Å²) in [6.07, 6.45) is -2.85. The molecule has 4 rings (SSSR count). The number of anilines is 2. The Kier molecular flexibility index (Phi) is 6.90. The van der Waals surface area contributed by atoms with Crippen molar-refractivity contribution < 1.29 is 35.9 Å². The molecule has 0 saturated heterocycles. The quantitative estimate of drug-likeness (QED) is 0.524. The summed E-state index contributed by atoms with van der Waals surface area (Å²) in [4.78, 5) is 11.7. The number of carbonyl (C=O) groups is 1. The maximum absolute atomic E-state index is 13.7. The number of nitrogens with one attached hydrogen (secondary N) is 3. The topological polar surface area (TPSA) is 112 Å². The van der Waals surface area contributed by atoms with Gasteiger partial charge in [0.15, 0.2) is 0 Å². The van der Waals surface area contributed by atoms with Crippen LogP contribution in [0.15, 0.2) is 59.8 Å². The van der Waals surface area contributed by atoms with Gasteiger partial charge in [-0.15, -0.1) is 5.53 Å². The molecule has 1 atom stereocenters. The molecule has 10 nitrogen and oxygen atoms in total. The van der Waals surface area contributed by atoms with Crippen LogP contribution in [0, 0.1) is 0 Å². The number of hydrazine groups is 2. The van der Waals surface area contributed by atoms with E-state index in [1.165, 1.54) is 18.2 Å². The van der Waals surface area contributed by atoms with Crippen molar-refractivity contribution in [3.05, 3.63) is 60.4 Å². The van der Waals surface area contributed by atoms with Crippen LogP contribution in [-0.2, 0) is 20.9 Å². The molecule has 0 radical (unpaired) electrons. The normalized spacial score (nSPS) is 17.6. The minimum absolute atomic E-state index is 0.0604. The summed E-state index contributed by atoms with van der Waals surface area (Å²) in [6.45, 7) is 5.09. The molecule has 37 heavy (non-hydrogen) atoms. The second kappa shape index (κ2) is 9.67. The van der Waals surface area contributed by atoms with Crippen molar-refractivity contribution in [2.24, 2.45) is 0 Å². The summed E-state index contributed by atoms with van der Waals surface area (Å²) >= 11 is 0. The molecule has 0 saturated carbocycles. The fraction of sp³-hybridized carbons (Fsp3) is 0.348. The highest BCUT2D eigenvalue weighted by Crippen LogP contribution is 2.40. The van der Waals surface area contributed by atoms with Gasteiger partial charge in [-0.3, -0.25) is 14.6 Å². The van der Waals surface area contributed by atoms with Crippen molar-refractivity contribution in [1.29, 1.82) is 0 Å².